The fourth-order valence-electron chi connectivity index (χ4n) is 7.75. The molecule has 0 bridgehead atoms. The monoisotopic (exact) mass is 759 g/mol. The van der Waals surface area contributed by atoms with E-state index in [9.17, 15) is 4.79 Å². The fourth-order valence-corrected chi connectivity index (χ4v) is 9.09. The number of halogens is 1. The van der Waals surface area contributed by atoms with Gasteiger partial charge in [-0.3, -0.25) is 14.4 Å². The lowest BCUT2D eigenvalue weighted by Gasteiger charge is -2.32. The van der Waals surface area contributed by atoms with Gasteiger partial charge in [0.15, 0.2) is 5.82 Å². The summed E-state index contributed by atoms with van der Waals surface area (Å²) in [5.74, 6) is 2.04. The van der Waals surface area contributed by atoms with E-state index in [1.807, 2.05) is 36.1 Å². The Kier molecular flexibility index (Phi) is 10.8. The number of likely N-dealkylation sites (tertiary alicyclic amines) is 1. The minimum atomic E-state index is -0.460. The van der Waals surface area contributed by atoms with Crippen molar-refractivity contribution in [3.05, 3.63) is 134 Å². The highest BCUT2D eigenvalue weighted by atomic mass is 35.5. The summed E-state index contributed by atoms with van der Waals surface area (Å²) in [6.45, 7) is 11.5. The van der Waals surface area contributed by atoms with Crippen LogP contribution in [0.25, 0.3) is 15.9 Å². The van der Waals surface area contributed by atoms with E-state index in [4.69, 9.17) is 21.3 Å². The van der Waals surface area contributed by atoms with Crippen molar-refractivity contribution in [3.63, 3.8) is 0 Å². The number of ether oxygens (including phenoxy) is 1. The lowest BCUT2D eigenvalue weighted by atomic mass is 9.97. The first kappa shape index (κ1) is 36.4. The SMILES string of the molecule is Cc1sc2c(c1C)C(c1ccc(Cl)cc1)=N[C@@H](CC(=O)N1CCC(COCCNCc3cccc4c3ccn4Cc3ccccc3)CC1)c1nnc(C)n1-2. The number of thiophene rings is 1. The van der Waals surface area contributed by atoms with Gasteiger partial charge in [-0.15, -0.1) is 21.5 Å². The Morgan fingerprint density at radius 1 is 0.963 bits per heavy atom. The number of rotatable bonds is 12. The highest BCUT2D eigenvalue weighted by molar-refractivity contribution is 7.15. The standard InChI is InChI=1S/C43H46ClN7O2S/c1-28-29(2)54-43-40(28)41(33-12-14-35(44)15-13-33)46-37(42-48-47-30(3)51(42)43)24-39(52)49-20-16-32(17-21-49)27-53-23-19-45-25-34-10-7-11-38-36(34)18-22-50(38)26-31-8-5-4-6-9-31/h4-15,18,22,32,37,45H,16-17,19-21,23-27H2,1-3H3/t37-/m0/s1. The number of fused-ring (bicyclic) bond motifs is 4. The molecule has 9 nitrogen and oxygen atoms in total. The summed E-state index contributed by atoms with van der Waals surface area (Å²) in [5.41, 5.74) is 7.93. The third kappa shape index (κ3) is 7.53. The molecule has 0 saturated carbocycles. The molecule has 2 aliphatic heterocycles. The van der Waals surface area contributed by atoms with Gasteiger partial charge in [0.1, 0.15) is 16.9 Å². The fraction of sp³-hybridized carbons (Fsp3) is 0.349. The highest BCUT2D eigenvalue weighted by Gasteiger charge is 2.34. The molecule has 1 fully saturated rings. The van der Waals surface area contributed by atoms with Gasteiger partial charge in [0.05, 0.1) is 18.7 Å². The predicted octanol–water partition coefficient (Wildman–Crippen LogP) is 8.24. The van der Waals surface area contributed by atoms with E-state index >= 15 is 0 Å². The van der Waals surface area contributed by atoms with Crippen LogP contribution in [-0.2, 0) is 22.6 Å². The third-order valence-electron chi connectivity index (χ3n) is 10.9. The summed E-state index contributed by atoms with van der Waals surface area (Å²) in [7, 11) is 0. The summed E-state index contributed by atoms with van der Waals surface area (Å²) >= 11 is 7.99. The van der Waals surface area contributed by atoms with Crippen molar-refractivity contribution in [1.82, 2.24) is 29.5 Å². The molecule has 1 saturated heterocycles. The number of aromatic nitrogens is 4. The molecular formula is C43H46ClN7O2S. The average Bonchev–Trinajstić information content (AvgIpc) is 3.84. The molecule has 6 aromatic rings. The maximum Gasteiger partial charge on any atom is 0.225 e. The Hall–Kier alpha value is -4.61. The Morgan fingerprint density at radius 3 is 2.56 bits per heavy atom. The molecular weight excluding hydrogens is 714 g/mol. The average molecular weight is 760 g/mol. The number of carbonyl (C=O) groups is 1. The van der Waals surface area contributed by atoms with E-state index in [2.05, 4.69) is 99.3 Å². The van der Waals surface area contributed by atoms with Gasteiger partial charge < -0.3 is 19.5 Å². The largest absolute Gasteiger partial charge is 0.380 e. The number of aryl methyl sites for hydroxylation is 2. The van der Waals surface area contributed by atoms with E-state index in [1.165, 1.54) is 32.5 Å². The van der Waals surface area contributed by atoms with Crippen molar-refractivity contribution in [3.8, 4) is 5.00 Å². The zero-order valence-electron chi connectivity index (χ0n) is 31.1. The first-order valence-corrected chi connectivity index (χ1v) is 20.1. The molecule has 1 atom stereocenters. The van der Waals surface area contributed by atoms with Crippen molar-refractivity contribution < 1.29 is 9.53 Å². The summed E-state index contributed by atoms with van der Waals surface area (Å²) in [6.07, 6.45) is 4.27. The molecule has 8 rings (SSSR count). The second-order valence-electron chi connectivity index (χ2n) is 14.5. The number of hydrogen-bond donors (Lipinski definition) is 1. The predicted molar refractivity (Wildman–Crippen MR) is 217 cm³/mol. The van der Waals surface area contributed by atoms with Gasteiger partial charge in [-0.1, -0.05) is 66.2 Å². The number of benzene rings is 3. The topological polar surface area (TPSA) is 89.6 Å². The number of nitrogens with one attached hydrogen (secondary N) is 1. The van der Waals surface area contributed by atoms with Crippen LogP contribution >= 0.6 is 22.9 Å². The first-order valence-electron chi connectivity index (χ1n) is 18.9. The van der Waals surface area contributed by atoms with Gasteiger partial charge in [0, 0.05) is 77.5 Å². The Labute approximate surface area is 325 Å². The molecule has 0 spiro atoms. The quantitative estimate of drug-likeness (QED) is 0.127. The van der Waals surface area contributed by atoms with Gasteiger partial charge in [-0.25, -0.2) is 0 Å². The van der Waals surface area contributed by atoms with E-state index in [0.717, 1.165) is 73.2 Å². The van der Waals surface area contributed by atoms with Gasteiger partial charge in [0.25, 0.3) is 0 Å². The lowest BCUT2D eigenvalue weighted by molar-refractivity contribution is -0.133. The van der Waals surface area contributed by atoms with Crippen LogP contribution < -0.4 is 5.32 Å². The summed E-state index contributed by atoms with van der Waals surface area (Å²) in [6, 6.07) is 26.7. The van der Waals surface area contributed by atoms with Crippen LogP contribution in [0.5, 0.6) is 0 Å². The molecule has 1 N–H and O–H groups in total. The zero-order chi connectivity index (χ0) is 37.2. The number of amides is 1. The molecule has 278 valence electrons. The number of nitrogens with zero attached hydrogens (tertiary/aromatic N) is 6. The maximum atomic E-state index is 13.9. The molecule has 54 heavy (non-hydrogen) atoms. The van der Waals surface area contributed by atoms with Gasteiger partial charge >= 0.3 is 0 Å². The van der Waals surface area contributed by atoms with Crippen molar-refractivity contribution in [2.75, 3.05) is 32.8 Å². The number of piperidine rings is 1. The number of hydrogen-bond acceptors (Lipinski definition) is 7. The first-order chi connectivity index (χ1) is 26.3. The molecule has 2 aliphatic rings. The molecule has 5 heterocycles. The van der Waals surface area contributed by atoms with Crippen molar-refractivity contribution in [2.24, 2.45) is 10.9 Å². The molecule has 11 heteroatoms. The smallest absolute Gasteiger partial charge is 0.225 e. The highest BCUT2D eigenvalue weighted by Crippen LogP contribution is 2.40. The molecule has 0 unspecified atom stereocenters. The van der Waals surface area contributed by atoms with E-state index in [0.29, 0.717) is 30.0 Å². The van der Waals surface area contributed by atoms with Gasteiger partial charge in [-0.05, 0) is 80.5 Å². The Morgan fingerprint density at radius 2 is 1.76 bits per heavy atom. The van der Waals surface area contributed by atoms with Crippen molar-refractivity contribution >= 4 is 45.5 Å². The number of aliphatic imine (C=N–C) groups is 1. The molecule has 3 aromatic heterocycles. The Bertz CT molecular complexity index is 2280. The minimum absolute atomic E-state index is 0.0959. The normalized spacial score (nSPS) is 16.0. The maximum absolute atomic E-state index is 13.9. The number of carbonyl (C=O) groups excluding carboxylic acids is 1. The van der Waals surface area contributed by atoms with Crippen LogP contribution in [0.1, 0.15) is 69.6 Å². The van der Waals surface area contributed by atoms with Crippen LogP contribution in [0.4, 0.5) is 0 Å². The van der Waals surface area contributed by atoms with Crippen LogP contribution in [0.3, 0.4) is 0 Å². The third-order valence-corrected chi connectivity index (χ3v) is 12.3. The second kappa shape index (κ2) is 16.0. The molecule has 3 aromatic carbocycles. The van der Waals surface area contributed by atoms with E-state index < -0.39 is 6.04 Å². The van der Waals surface area contributed by atoms with Gasteiger partial charge in [0.2, 0.25) is 5.91 Å². The van der Waals surface area contributed by atoms with Crippen molar-refractivity contribution in [1.29, 1.82) is 0 Å². The summed E-state index contributed by atoms with van der Waals surface area (Å²) < 4.78 is 10.5. The minimum Gasteiger partial charge on any atom is -0.380 e. The summed E-state index contributed by atoms with van der Waals surface area (Å²) in [5, 5.41) is 15.6. The van der Waals surface area contributed by atoms with E-state index in [1.54, 1.807) is 11.3 Å². The van der Waals surface area contributed by atoms with Crippen molar-refractivity contribution in [2.45, 2.75) is 59.2 Å². The lowest BCUT2D eigenvalue weighted by Crippen LogP contribution is -2.40. The molecule has 0 radical (unpaired) electrons. The Balaban J connectivity index is 0.836. The summed E-state index contributed by atoms with van der Waals surface area (Å²) in [4.78, 5) is 22.4. The molecule has 0 aliphatic carbocycles. The molecule has 1 amide bonds. The van der Waals surface area contributed by atoms with Crippen LogP contribution in [-0.4, -0.2) is 68.7 Å². The van der Waals surface area contributed by atoms with Crippen LogP contribution in [0.15, 0.2) is 90.1 Å². The van der Waals surface area contributed by atoms with Crippen LogP contribution in [0, 0.1) is 26.7 Å². The second-order valence-corrected chi connectivity index (χ2v) is 16.1. The van der Waals surface area contributed by atoms with Crippen LogP contribution in [0.2, 0.25) is 5.02 Å². The van der Waals surface area contributed by atoms with E-state index in [-0.39, 0.29) is 12.3 Å². The zero-order valence-corrected chi connectivity index (χ0v) is 32.7. The van der Waals surface area contributed by atoms with Gasteiger partial charge in [-0.2, -0.15) is 0 Å².